The summed E-state index contributed by atoms with van der Waals surface area (Å²) in [6, 6.07) is 0. The number of methoxy groups -OCH3 is 1. The van der Waals surface area contributed by atoms with Gasteiger partial charge in [-0.05, 0) is 13.3 Å². The fourth-order valence-corrected chi connectivity index (χ4v) is 0.432. The Kier molecular flexibility index (Phi) is 10.4. The summed E-state index contributed by atoms with van der Waals surface area (Å²) in [5.74, 6) is -0.347. The summed E-state index contributed by atoms with van der Waals surface area (Å²) in [7, 11) is 1.33. The summed E-state index contributed by atoms with van der Waals surface area (Å²) >= 11 is 0. The fourth-order valence-electron chi connectivity index (χ4n) is 0.432. The first-order chi connectivity index (χ1) is 5.95. The second kappa shape index (κ2) is 9.22. The number of rotatable bonds is 3. The largest absolute Gasteiger partial charge is 0.466 e. The van der Waals surface area contributed by atoms with Crippen LogP contribution in [0.1, 0.15) is 26.7 Å². The second-order valence-electron chi connectivity index (χ2n) is 2.54. The van der Waals surface area contributed by atoms with E-state index in [1.54, 1.807) is 6.92 Å². The summed E-state index contributed by atoms with van der Waals surface area (Å²) in [6.07, 6.45) is 0.215. The number of hydrogen-bond donors (Lipinski definition) is 2. The molecule has 0 rings (SSSR count). The van der Waals surface area contributed by atoms with Crippen LogP contribution < -0.4 is 0 Å². The molecule has 0 aliphatic heterocycles. The van der Waals surface area contributed by atoms with Gasteiger partial charge in [-0.1, -0.05) is 19.9 Å². The molecule has 4 nitrogen and oxygen atoms in total. The molecule has 0 aromatic rings. The Morgan fingerprint density at radius 2 is 2.00 bits per heavy atom. The van der Waals surface area contributed by atoms with E-state index in [0.717, 1.165) is 6.42 Å². The molecule has 0 radical (unpaired) electrons. The van der Waals surface area contributed by atoms with Crippen LogP contribution >= 0.6 is 0 Å². The molecule has 0 aromatic heterocycles. The van der Waals surface area contributed by atoms with Crippen molar-refractivity contribution < 1.29 is 19.7 Å². The van der Waals surface area contributed by atoms with Gasteiger partial charge in [0.1, 0.15) is 0 Å². The van der Waals surface area contributed by atoms with Crippen molar-refractivity contribution in [2.24, 2.45) is 0 Å². The average Bonchev–Trinajstić information content (AvgIpc) is 2.03. The monoisotopic (exact) mass is 190 g/mol. The lowest BCUT2D eigenvalue weighted by atomic mass is 10.3. The number of hydrogen-bond acceptors (Lipinski definition) is 4. The molecule has 0 saturated carbocycles. The van der Waals surface area contributed by atoms with E-state index >= 15 is 0 Å². The standard InChI is InChI=1S/C5H8O2.C4H10O2/c1-4(2)5(6)7-3;1-2-3-4(5)6/h1H2,2-3H3;4-6H,2-3H2,1H3. The number of aliphatic hydroxyl groups is 2. The maximum Gasteiger partial charge on any atom is 0.332 e. The van der Waals surface area contributed by atoms with Gasteiger partial charge in [0, 0.05) is 5.57 Å². The maximum absolute atomic E-state index is 10.2. The van der Waals surface area contributed by atoms with E-state index in [0.29, 0.717) is 12.0 Å². The molecule has 0 aliphatic carbocycles. The van der Waals surface area contributed by atoms with Crippen LogP contribution in [-0.2, 0) is 9.53 Å². The number of aliphatic hydroxyl groups excluding tert-OH is 1. The first-order valence-corrected chi connectivity index (χ1v) is 4.05. The Morgan fingerprint density at radius 1 is 1.54 bits per heavy atom. The summed E-state index contributed by atoms with van der Waals surface area (Å²) in [5, 5.41) is 16.2. The van der Waals surface area contributed by atoms with Crippen molar-refractivity contribution in [1.29, 1.82) is 0 Å². The van der Waals surface area contributed by atoms with E-state index in [-0.39, 0.29) is 5.97 Å². The van der Waals surface area contributed by atoms with Crippen LogP contribution in [0.3, 0.4) is 0 Å². The Morgan fingerprint density at radius 3 is 2.00 bits per heavy atom. The average molecular weight is 190 g/mol. The first kappa shape index (κ1) is 14.6. The molecular weight excluding hydrogens is 172 g/mol. The van der Waals surface area contributed by atoms with Gasteiger partial charge in [0.2, 0.25) is 0 Å². The Balaban J connectivity index is 0. The minimum absolute atomic E-state index is 0.347. The Bertz CT molecular complexity index is 152. The highest BCUT2D eigenvalue weighted by molar-refractivity contribution is 5.86. The number of ether oxygens (including phenoxy) is 1. The van der Waals surface area contributed by atoms with Crippen molar-refractivity contribution in [2.75, 3.05) is 7.11 Å². The van der Waals surface area contributed by atoms with Crippen LogP contribution in [0.4, 0.5) is 0 Å². The van der Waals surface area contributed by atoms with Crippen molar-refractivity contribution in [3.05, 3.63) is 12.2 Å². The van der Waals surface area contributed by atoms with Gasteiger partial charge in [0.05, 0.1) is 7.11 Å². The lowest BCUT2D eigenvalue weighted by Crippen LogP contribution is -2.01. The smallest absolute Gasteiger partial charge is 0.332 e. The fraction of sp³-hybridized carbons (Fsp3) is 0.667. The van der Waals surface area contributed by atoms with E-state index in [1.165, 1.54) is 7.11 Å². The minimum Gasteiger partial charge on any atom is -0.466 e. The number of carbonyl (C=O) groups is 1. The van der Waals surface area contributed by atoms with Gasteiger partial charge in [-0.3, -0.25) is 0 Å². The molecular formula is C9H18O4. The van der Waals surface area contributed by atoms with Crippen molar-refractivity contribution in [3.63, 3.8) is 0 Å². The predicted molar refractivity (Wildman–Crippen MR) is 50.0 cm³/mol. The van der Waals surface area contributed by atoms with E-state index in [9.17, 15) is 4.79 Å². The molecule has 2 N–H and O–H groups in total. The highest BCUT2D eigenvalue weighted by atomic mass is 16.5. The zero-order valence-electron chi connectivity index (χ0n) is 8.41. The van der Waals surface area contributed by atoms with Gasteiger partial charge in [0.25, 0.3) is 0 Å². The molecule has 0 aromatic carbocycles. The second-order valence-corrected chi connectivity index (χ2v) is 2.54. The summed E-state index contributed by atoms with van der Waals surface area (Å²) < 4.78 is 4.27. The van der Waals surface area contributed by atoms with Crippen LogP contribution in [0.2, 0.25) is 0 Å². The predicted octanol–water partition coefficient (Wildman–Crippen LogP) is 0.833. The summed E-state index contributed by atoms with van der Waals surface area (Å²) in [5.41, 5.74) is 0.433. The number of esters is 1. The molecule has 0 spiro atoms. The van der Waals surface area contributed by atoms with E-state index in [4.69, 9.17) is 10.2 Å². The highest BCUT2D eigenvalue weighted by Gasteiger charge is 1.95. The van der Waals surface area contributed by atoms with Crippen LogP contribution in [0.15, 0.2) is 12.2 Å². The van der Waals surface area contributed by atoms with E-state index < -0.39 is 6.29 Å². The number of carbonyl (C=O) groups excluding carboxylic acids is 1. The van der Waals surface area contributed by atoms with Crippen molar-refractivity contribution in [3.8, 4) is 0 Å². The third-order valence-corrected chi connectivity index (χ3v) is 1.08. The van der Waals surface area contributed by atoms with Gasteiger partial charge < -0.3 is 14.9 Å². The molecule has 0 amide bonds. The molecule has 0 atom stereocenters. The first-order valence-electron chi connectivity index (χ1n) is 4.05. The minimum atomic E-state index is -1.10. The van der Waals surface area contributed by atoms with Crippen molar-refractivity contribution in [1.82, 2.24) is 0 Å². The Labute approximate surface area is 78.8 Å². The lowest BCUT2D eigenvalue weighted by Gasteiger charge is -1.94. The van der Waals surface area contributed by atoms with Crippen LogP contribution in [0.5, 0.6) is 0 Å². The van der Waals surface area contributed by atoms with Gasteiger partial charge >= 0.3 is 5.97 Å². The summed E-state index contributed by atoms with van der Waals surface area (Å²) in [4.78, 5) is 10.2. The molecule has 13 heavy (non-hydrogen) atoms. The molecule has 0 heterocycles. The third-order valence-electron chi connectivity index (χ3n) is 1.08. The van der Waals surface area contributed by atoms with Crippen LogP contribution in [0, 0.1) is 0 Å². The van der Waals surface area contributed by atoms with E-state index in [1.807, 2.05) is 6.92 Å². The van der Waals surface area contributed by atoms with Gasteiger partial charge in [-0.25, -0.2) is 4.79 Å². The third kappa shape index (κ3) is 14.0. The van der Waals surface area contributed by atoms with Crippen LogP contribution in [0.25, 0.3) is 0 Å². The quantitative estimate of drug-likeness (QED) is 0.393. The zero-order valence-corrected chi connectivity index (χ0v) is 8.41. The van der Waals surface area contributed by atoms with Crippen molar-refractivity contribution >= 4 is 5.97 Å². The maximum atomic E-state index is 10.2. The SMILES string of the molecule is C=C(C)C(=O)OC.CCCC(O)O. The van der Waals surface area contributed by atoms with Gasteiger partial charge in [0.15, 0.2) is 6.29 Å². The topological polar surface area (TPSA) is 66.8 Å². The Hall–Kier alpha value is -0.870. The molecule has 0 fully saturated rings. The molecule has 4 heteroatoms. The molecule has 0 unspecified atom stereocenters. The molecule has 0 saturated heterocycles. The lowest BCUT2D eigenvalue weighted by molar-refractivity contribution is -0.136. The van der Waals surface area contributed by atoms with Crippen molar-refractivity contribution in [2.45, 2.75) is 33.0 Å². The summed E-state index contributed by atoms with van der Waals surface area (Å²) in [6.45, 7) is 6.86. The molecule has 0 aliphatic rings. The van der Waals surface area contributed by atoms with Crippen LogP contribution in [-0.4, -0.2) is 29.6 Å². The zero-order chi connectivity index (χ0) is 10.9. The van der Waals surface area contributed by atoms with Gasteiger partial charge in [-0.2, -0.15) is 0 Å². The molecule has 0 bridgehead atoms. The normalized spacial score (nSPS) is 8.77. The van der Waals surface area contributed by atoms with E-state index in [2.05, 4.69) is 11.3 Å². The molecule has 78 valence electrons. The van der Waals surface area contributed by atoms with Gasteiger partial charge in [-0.15, -0.1) is 0 Å². The highest BCUT2D eigenvalue weighted by Crippen LogP contribution is 1.88.